The Morgan fingerprint density at radius 2 is 2.17 bits per heavy atom. The lowest BCUT2D eigenvalue weighted by Gasteiger charge is -2.32. The van der Waals surface area contributed by atoms with Crippen LogP contribution in [0.25, 0.3) is 0 Å². The van der Waals surface area contributed by atoms with Crippen LogP contribution in [-0.2, 0) is 4.79 Å². The van der Waals surface area contributed by atoms with Gasteiger partial charge in [-0.05, 0) is 25.3 Å². The highest BCUT2D eigenvalue weighted by molar-refractivity contribution is 5.77. The van der Waals surface area contributed by atoms with Gasteiger partial charge >= 0.3 is 12.0 Å². The molecule has 0 bridgehead atoms. The molecule has 126 valence electrons. The number of urea groups is 1. The van der Waals surface area contributed by atoms with E-state index >= 15 is 0 Å². The maximum Gasteiger partial charge on any atom is 0.317 e. The van der Waals surface area contributed by atoms with Gasteiger partial charge in [0.25, 0.3) is 0 Å². The number of carbonyl (C=O) groups is 2. The Labute approximate surface area is 133 Å². The highest BCUT2D eigenvalue weighted by Gasteiger charge is 2.29. The number of amides is 2. The largest absolute Gasteiger partial charge is 0.481 e. The molecule has 2 rings (SSSR count). The quantitative estimate of drug-likeness (QED) is 0.894. The molecule has 1 saturated heterocycles. The minimum absolute atomic E-state index is 0.142. The zero-order valence-electron chi connectivity index (χ0n) is 12.9. The van der Waals surface area contributed by atoms with Crippen LogP contribution in [0, 0.1) is 17.6 Å². The Hall–Kier alpha value is -2.18. The summed E-state index contributed by atoms with van der Waals surface area (Å²) in [5, 5.41) is 11.8. The normalized spacial score (nSPS) is 19.3. The molecule has 1 fully saturated rings. The van der Waals surface area contributed by atoms with E-state index in [4.69, 9.17) is 5.11 Å². The van der Waals surface area contributed by atoms with Gasteiger partial charge < -0.3 is 15.3 Å². The lowest BCUT2D eigenvalue weighted by Crippen LogP contribution is -2.47. The molecule has 0 spiro atoms. The summed E-state index contributed by atoms with van der Waals surface area (Å²) in [4.78, 5) is 24.8. The zero-order valence-corrected chi connectivity index (χ0v) is 12.9. The van der Waals surface area contributed by atoms with Crippen molar-refractivity contribution in [3.05, 3.63) is 35.4 Å². The number of rotatable bonds is 4. The zero-order chi connectivity index (χ0) is 17.0. The molecule has 0 radical (unpaired) electrons. The number of nitrogens with zero attached hydrogens (tertiary/aromatic N) is 1. The highest BCUT2D eigenvalue weighted by atomic mass is 19.1. The number of likely N-dealkylation sites (tertiary alicyclic amines) is 1. The van der Waals surface area contributed by atoms with Crippen molar-refractivity contribution in [2.24, 2.45) is 5.92 Å². The van der Waals surface area contributed by atoms with Crippen molar-refractivity contribution in [2.75, 3.05) is 13.1 Å². The molecule has 1 aliphatic rings. The summed E-state index contributed by atoms with van der Waals surface area (Å²) in [7, 11) is 0. The minimum atomic E-state index is -0.917. The van der Waals surface area contributed by atoms with Crippen molar-refractivity contribution in [1.29, 1.82) is 0 Å². The van der Waals surface area contributed by atoms with Gasteiger partial charge in [0.2, 0.25) is 0 Å². The van der Waals surface area contributed by atoms with E-state index in [9.17, 15) is 18.4 Å². The number of benzene rings is 1. The molecule has 1 aromatic rings. The molecule has 2 amide bonds. The second-order valence-corrected chi connectivity index (χ2v) is 5.70. The summed E-state index contributed by atoms with van der Waals surface area (Å²) in [6, 6.07) is 2.23. The summed E-state index contributed by atoms with van der Waals surface area (Å²) in [6.45, 7) is 2.39. The number of piperidine rings is 1. The first-order chi connectivity index (χ1) is 10.9. The van der Waals surface area contributed by atoms with Crippen molar-refractivity contribution in [3.63, 3.8) is 0 Å². The lowest BCUT2D eigenvalue weighted by atomic mass is 9.98. The summed E-state index contributed by atoms with van der Waals surface area (Å²) >= 11 is 0. The number of nitrogens with one attached hydrogen (secondary N) is 1. The van der Waals surface area contributed by atoms with E-state index in [-0.39, 0.29) is 12.1 Å². The predicted octanol–water partition coefficient (Wildman–Crippen LogP) is 2.92. The Balaban J connectivity index is 2.06. The fourth-order valence-corrected chi connectivity index (χ4v) is 2.79. The number of carboxylic acids is 1. The SMILES string of the molecule is CCC(NC(=O)N1CCCC(C(=O)O)C1)c1ccc(F)cc1F. The number of hydrogen-bond donors (Lipinski definition) is 2. The average Bonchev–Trinajstić information content (AvgIpc) is 2.53. The van der Waals surface area contributed by atoms with E-state index in [0.717, 1.165) is 12.1 Å². The van der Waals surface area contributed by atoms with Crippen LogP contribution in [-0.4, -0.2) is 35.1 Å². The molecule has 2 N–H and O–H groups in total. The standard InChI is InChI=1S/C16H20F2N2O3/c1-2-14(12-6-5-11(17)8-13(12)18)19-16(23)20-7-3-4-10(9-20)15(21)22/h5-6,8,10,14H,2-4,7,9H2,1H3,(H,19,23)(H,21,22). The van der Waals surface area contributed by atoms with Crippen molar-refractivity contribution in [2.45, 2.75) is 32.2 Å². The molecular formula is C16H20F2N2O3. The van der Waals surface area contributed by atoms with E-state index in [1.165, 1.54) is 11.0 Å². The Morgan fingerprint density at radius 3 is 2.78 bits per heavy atom. The number of halogens is 2. The third kappa shape index (κ3) is 4.18. The molecule has 0 saturated carbocycles. The number of hydrogen-bond acceptors (Lipinski definition) is 2. The van der Waals surface area contributed by atoms with Crippen LogP contribution in [0.5, 0.6) is 0 Å². The van der Waals surface area contributed by atoms with Gasteiger partial charge in [-0.25, -0.2) is 13.6 Å². The molecule has 23 heavy (non-hydrogen) atoms. The van der Waals surface area contributed by atoms with Crippen LogP contribution in [0.1, 0.15) is 37.8 Å². The molecule has 2 unspecified atom stereocenters. The van der Waals surface area contributed by atoms with Gasteiger partial charge in [-0.3, -0.25) is 4.79 Å². The topological polar surface area (TPSA) is 69.6 Å². The van der Waals surface area contributed by atoms with Gasteiger partial charge in [-0.1, -0.05) is 13.0 Å². The minimum Gasteiger partial charge on any atom is -0.481 e. The van der Waals surface area contributed by atoms with Crippen molar-refractivity contribution in [3.8, 4) is 0 Å². The number of aliphatic carboxylic acids is 1. The van der Waals surface area contributed by atoms with Crippen LogP contribution in [0.3, 0.4) is 0 Å². The summed E-state index contributed by atoms with van der Waals surface area (Å²) in [5.41, 5.74) is 0.217. The lowest BCUT2D eigenvalue weighted by molar-refractivity contribution is -0.143. The first kappa shape index (κ1) is 17.2. The van der Waals surface area contributed by atoms with Gasteiger partial charge in [0.05, 0.1) is 12.0 Å². The smallest absolute Gasteiger partial charge is 0.317 e. The third-order valence-corrected chi connectivity index (χ3v) is 4.10. The molecule has 1 aromatic carbocycles. The van der Waals surface area contributed by atoms with Crippen molar-refractivity contribution < 1.29 is 23.5 Å². The maximum atomic E-state index is 13.9. The second kappa shape index (κ2) is 7.39. The Kier molecular flexibility index (Phi) is 5.52. The monoisotopic (exact) mass is 326 g/mol. The van der Waals surface area contributed by atoms with Crippen LogP contribution in [0.2, 0.25) is 0 Å². The molecule has 5 nitrogen and oxygen atoms in total. The van der Waals surface area contributed by atoms with Crippen molar-refractivity contribution >= 4 is 12.0 Å². The van der Waals surface area contributed by atoms with E-state index in [1.54, 1.807) is 6.92 Å². The molecule has 1 aliphatic heterocycles. The summed E-state index contributed by atoms with van der Waals surface area (Å²) in [6.07, 6.45) is 1.60. The molecule has 2 atom stereocenters. The summed E-state index contributed by atoms with van der Waals surface area (Å²) in [5.74, 6) is -2.87. The van der Waals surface area contributed by atoms with E-state index in [1.807, 2.05) is 0 Å². The van der Waals surface area contributed by atoms with Crippen LogP contribution in [0.15, 0.2) is 18.2 Å². The van der Waals surface area contributed by atoms with Crippen molar-refractivity contribution in [1.82, 2.24) is 10.2 Å². The third-order valence-electron chi connectivity index (χ3n) is 4.10. The van der Waals surface area contributed by atoms with Crippen LogP contribution in [0.4, 0.5) is 13.6 Å². The van der Waals surface area contributed by atoms with E-state index < -0.39 is 35.6 Å². The van der Waals surface area contributed by atoms with Crippen LogP contribution < -0.4 is 5.32 Å². The molecule has 1 heterocycles. The molecule has 0 aromatic heterocycles. The average molecular weight is 326 g/mol. The molecule has 0 aliphatic carbocycles. The van der Waals surface area contributed by atoms with Crippen LogP contribution >= 0.6 is 0 Å². The summed E-state index contributed by atoms with van der Waals surface area (Å²) < 4.78 is 26.9. The fourth-order valence-electron chi connectivity index (χ4n) is 2.79. The highest BCUT2D eigenvalue weighted by Crippen LogP contribution is 2.22. The second-order valence-electron chi connectivity index (χ2n) is 5.70. The van der Waals surface area contributed by atoms with Gasteiger partial charge in [0.15, 0.2) is 0 Å². The van der Waals surface area contributed by atoms with E-state index in [2.05, 4.69) is 5.32 Å². The first-order valence-corrected chi connectivity index (χ1v) is 7.65. The molecule has 7 heteroatoms. The first-order valence-electron chi connectivity index (χ1n) is 7.65. The fraction of sp³-hybridized carbons (Fsp3) is 0.500. The Morgan fingerprint density at radius 1 is 1.43 bits per heavy atom. The predicted molar refractivity (Wildman–Crippen MR) is 79.9 cm³/mol. The van der Waals surface area contributed by atoms with Gasteiger partial charge in [0, 0.05) is 24.7 Å². The van der Waals surface area contributed by atoms with Gasteiger partial charge in [-0.15, -0.1) is 0 Å². The number of carboxylic acid groups (broad SMARTS) is 1. The molecular weight excluding hydrogens is 306 g/mol. The maximum absolute atomic E-state index is 13.9. The van der Waals surface area contributed by atoms with E-state index in [0.29, 0.717) is 25.8 Å². The van der Waals surface area contributed by atoms with Gasteiger partial charge in [0.1, 0.15) is 11.6 Å². The Bertz CT molecular complexity index is 595. The van der Waals surface area contributed by atoms with Gasteiger partial charge in [-0.2, -0.15) is 0 Å². The number of carbonyl (C=O) groups excluding carboxylic acids is 1.